The van der Waals surface area contributed by atoms with E-state index in [0.29, 0.717) is 23.7 Å². The van der Waals surface area contributed by atoms with E-state index in [1.165, 1.54) is 12.1 Å². The molecule has 0 unspecified atom stereocenters. The average molecular weight is 442 g/mol. The molecule has 5 nitrogen and oxygen atoms in total. The van der Waals surface area contributed by atoms with Gasteiger partial charge in [0.25, 0.3) is 0 Å². The van der Waals surface area contributed by atoms with Gasteiger partial charge in [-0.2, -0.15) is 0 Å². The maximum Gasteiger partial charge on any atom is 0.338 e. The first-order chi connectivity index (χ1) is 16.1. The molecule has 1 aliphatic rings. The van der Waals surface area contributed by atoms with Gasteiger partial charge in [0.15, 0.2) is 0 Å². The van der Waals surface area contributed by atoms with Crippen molar-refractivity contribution in [3.8, 4) is 11.5 Å². The van der Waals surface area contributed by atoms with Crippen LogP contribution in [0.1, 0.15) is 35.7 Å². The highest BCUT2D eigenvalue weighted by molar-refractivity contribution is 5.97. The van der Waals surface area contributed by atoms with Crippen molar-refractivity contribution in [1.82, 2.24) is 4.98 Å². The molecule has 0 atom stereocenters. The Balaban J connectivity index is 1.46. The summed E-state index contributed by atoms with van der Waals surface area (Å²) >= 11 is 0. The molecule has 0 spiro atoms. The highest BCUT2D eigenvalue weighted by Crippen LogP contribution is 2.49. The molecule has 1 N–H and O–H groups in total. The van der Waals surface area contributed by atoms with Crippen LogP contribution in [0.2, 0.25) is 0 Å². The number of anilines is 1. The third kappa shape index (κ3) is 4.24. The molecular formula is C27H23FN2O3. The zero-order valence-corrected chi connectivity index (χ0v) is 18.2. The fourth-order valence-corrected chi connectivity index (χ4v) is 3.98. The molecule has 3 aromatic carbocycles. The number of pyridine rings is 1. The van der Waals surface area contributed by atoms with Crippen molar-refractivity contribution >= 4 is 22.6 Å². The van der Waals surface area contributed by atoms with Crippen LogP contribution >= 0.6 is 0 Å². The molecule has 166 valence electrons. The molecule has 0 saturated heterocycles. The Hall–Kier alpha value is -3.93. The lowest BCUT2D eigenvalue weighted by Gasteiger charge is -2.21. The molecule has 6 heteroatoms. The van der Waals surface area contributed by atoms with E-state index in [2.05, 4.69) is 10.3 Å². The highest BCUT2D eigenvalue weighted by Gasteiger charge is 2.45. The number of hydrogen-bond acceptors (Lipinski definition) is 5. The van der Waals surface area contributed by atoms with Crippen LogP contribution in [0.5, 0.6) is 11.5 Å². The van der Waals surface area contributed by atoms with Crippen LogP contribution in [0.3, 0.4) is 0 Å². The van der Waals surface area contributed by atoms with Crippen LogP contribution in [0.25, 0.3) is 10.8 Å². The van der Waals surface area contributed by atoms with Crippen LogP contribution < -0.4 is 10.1 Å². The lowest BCUT2D eigenvalue weighted by molar-refractivity contribution is 0.0526. The summed E-state index contributed by atoms with van der Waals surface area (Å²) in [5, 5.41) is 5.48. The Morgan fingerprint density at radius 3 is 2.48 bits per heavy atom. The van der Waals surface area contributed by atoms with Gasteiger partial charge in [-0.25, -0.2) is 14.2 Å². The number of carbonyl (C=O) groups is 1. The summed E-state index contributed by atoms with van der Waals surface area (Å²) in [5.41, 5.74) is 1.37. The SMILES string of the molecule is CCOC(=O)c1ccc(C2(Nc3nccc4cccc(Oc5ccc(F)cc5)c34)CC2)cc1. The Labute approximate surface area is 191 Å². The maximum absolute atomic E-state index is 13.3. The largest absolute Gasteiger partial charge is 0.462 e. The Morgan fingerprint density at radius 1 is 1.03 bits per heavy atom. The van der Waals surface area contributed by atoms with Crippen LogP contribution in [-0.2, 0) is 10.3 Å². The monoisotopic (exact) mass is 442 g/mol. The quantitative estimate of drug-likeness (QED) is 0.334. The molecule has 1 heterocycles. The van der Waals surface area contributed by atoms with Crippen LogP contribution in [-0.4, -0.2) is 17.6 Å². The van der Waals surface area contributed by atoms with Gasteiger partial charge >= 0.3 is 5.97 Å². The number of esters is 1. The fourth-order valence-electron chi connectivity index (χ4n) is 3.98. The second kappa shape index (κ2) is 8.54. The van der Waals surface area contributed by atoms with E-state index < -0.39 is 0 Å². The predicted molar refractivity (Wildman–Crippen MR) is 125 cm³/mol. The predicted octanol–water partition coefficient (Wildman–Crippen LogP) is 6.44. The molecule has 0 bridgehead atoms. The number of carbonyl (C=O) groups excluding carboxylic acids is 1. The van der Waals surface area contributed by atoms with Gasteiger partial charge in [0.1, 0.15) is 23.1 Å². The molecule has 0 radical (unpaired) electrons. The van der Waals surface area contributed by atoms with Gasteiger partial charge in [-0.05, 0) is 79.2 Å². The summed E-state index contributed by atoms with van der Waals surface area (Å²) in [6.07, 6.45) is 3.67. The number of ether oxygens (including phenoxy) is 2. The first kappa shape index (κ1) is 20.9. The number of fused-ring (bicyclic) bond motifs is 1. The molecule has 1 aromatic heterocycles. The summed E-state index contributed by atoms with van der Waals surface area (Å²) in [5.74, 6) is 1.28. The van der Waals surface area contributed by atoms with E-state index >= 15 is 0 Å². The molecule has 4 aromatic rings. The summed E-state index contributed by atoms with van der Waals surface area (Å²) < 4.78 is 24.5. The average Bonchev–Trinajstić information content (AvgIpc) is 3.62. The van der Waals surface area contributed by atoms with Crippen LogP contribution in [0.15, 0.2) is 79.0 Å². The van der Waals surface area contributed by atoms with Gasteiger partial charge in [-0.15, -0.1) is 0 Å². The number of halogens is 1. The number of nitrogens with zero attached hydrogens (tertiary/aromatic N) is 1. The van der Waals surface area contributed by atoms with Crippen LogP contribution in [0.4, 0.5) is 10.2 Å². The second-order valence-corrected chi connectivity index (χ2v) is 8.07. The molecule has 1 fully saturated rings. The number of hydrogen-bond donors (Lipinski definition) is 1. The van der Waals surface area contributed by atoms with Crippen molar-refractivity contribution in [3.05, 3.63) is 95.9 Å². The van der Waals surface area contributed by atoms with E-state index in [9.17, 15) is 9.18 Å². The normalized spacial score (nSPS) is 14.0. The first-order valence-corrected chi connectivity index (χ1v) is 10.9. The zero-order chi connectivity index (χ0) is 22.8. The minimum absolute atomic E-state index is 0.253. The van der Waals surface area contributed by atoms with Gasteiger partial charge in [0, 0.05) is 6.20 Å². The van der Waals surface area contributed by atoms with Crippen LogP contribution in [0, 0.1) is 5.82 Å². The first-order valence-electron chi connectivity index (χ1n) is 10.9. The van der Waals surface area contributed by atoms with Gasteiger partial charge in [0.2, 0.25) is 0 Å². The van der Waals surface area contributed by atoms with Gasteiger partial charge in [0.05, 0.1) is 23.1 Å². The third-order valence-electron chi connectivity index (χ3n) is 5.85. The molecular weight excluding hydrogens is 419 g/mol. The zero-order valence-electron chi connectivity index (χ0n) is 18.2. The number of benzene rings is 3. The summed E-state index contributed by atoms with van der Waals surface area (Å²) in [7, 11) is 0. The Kier molecular flexibility index (Phi) is 5.42. The number of aromatic nitrogens is 1. The van der Waals surface area contributed by atoms with E-state index in [1.807, 2.05) is 36.4 Å². The number of nitrogens with one attached hydrogen (secondary N) is 1. The Morgan fingerprint density at radius 2 is 1.79 bits per heavy atom. The lowest BCUT2D eigenvalue weighted by atomic mass is 10.0. The smallest absolute Gasteiger partial charge is 0.338 e. The fraction of sp³-hybridized carbons (Fsp3) is 0.185. The molecule has 5 rings (SSSR count). The highest BCUT2D eigenvalue weighted by atomic mass is 19.1. The van der Waals surface area contributed by atoms with Gasteiger partial charge in [-0.1, -0.05) is 24.3 Å². The minimum atomic E-state index is -0.319. The standard InChI is InChI=1S/C27H23FN2O3/c1-2-32-26(31)19-6-8-20(9-7-19)27(15-16-27)30-25-24-18(14-17-29-25)4-3-5-23(24)33-22-12-10-21(28)11-13-22/h3-14,17H,2,15-16H2,1H3,(H,29,30). The lowest BCUT2D eigenvalue weighted by Crippen LogP contribution is -2.20. The van der Waals surface area contributed by atoms with Crippen molar-refractivity contribution in [3.63, 3.8) is 0 Å². The topological polar surface area (TPSA) is 60.5 Å². The summed E-state index contributed by atoms with van der Waals surface area (Å²) in [6.45, 7) is 2.14. The van der Waals surface area contributed by atoms with Crippen molar-refractivity contribution in [1.29, 1.82) is 0 Å². The third-order valence-corrected chi connectivity index (χ3v) is 5.85. The molecule has 1 saturated carbocycles. The maximum atomic E-state index is 13.3. The second-order valence-electron chi connectivity index (χ2n) is 8.07. The van der Waals surface area contributed by atoms with Crippen molar-refractivity contribution in [2.45, 2.75) is 25.3 Å². The van der Waals surface area contributed by atoms with E-state index in [0.717, 1.165) is 35.0 Å². The Bertz CT molecular complexity index is 1290. The minimum Gasteiger partial charge on any atom is -0.462 e. The molecule has 0 amide bonds. The van der Waals surface area contributed by atoms with E-state index in [1.54, 1.807) is 37.4 Å². The molecule has 33 heavy (non-hydrogen) atoms. The number of rotatable bonds is 7. The van der Waals surface area contributed by atoms with Crippen molar-refractivity contribution in [2.24, 2.45) is 0 Å². The molecule has 1 aliphatic carbocycles. The van der Waals surface area contributed by atoms with Gasteiger partial charge < -0.3 is 14.8 Å². The van der Waals surface area contributed by atoms with E-state index in [-0.39, 0.29) is 17.3 Å². The van der Waals surface area contributed by atoms with E-state index in [4.69, 9.17) is 9.47 Å². The van der Waals surface area contributed by atoms with Crippen molar-refractivity contribution < 1.29 is 18.7 Å². The summed E-state index contributed by atoms with van der Waals surface area (Å²) in [4.78, 5) is 16.6. The summed E-state index contributed by atoms with van der Waals surface area (Å²) in [6, 6.07) is 21.2. The van der Waals surface area contributed by atoms with Gasteiger partial charge in [-0.3, -0.25) is 0 Å². The molecule has 0 aliphatic heterocycles. The van der Waals surface area contributed by atoms with Crippen molar-refractivity contribution in [2.75, 3.05) is 11.9 Å².